The summed E-state index contributed by atoms with van der Waals surface area (Å²) in [6.07, 6.45) is 0. The average molecular weight is 404 g/mol. The van der Waals surface area contributed by atoms with Crippen LogP contribution >= 0.6 is 11.3 Å². The number of ether oxygens (including phenoxy) is 2. The summed E-state index contributed by atoms with van der Waals surface area (Å²) in [5, 5.41) is 5.04. The van der Waals surface area contributed by atoms with Gasteiger partial charge in [0.05, 0.1) is 37.1 Å². The highest BCUT2D eigenvalue weighted by Crippen LogP contribution is 2.25. The topological polar surface area (TPSA) is 80.8 Å². The molecule has 1 N–H and O–H groups in total. The second kappa shape index (κ2) is 9.77. The predicted octanol–water partition coefficient (Wildman–Crippen LogP) is 2.43. The molecular formula is C20H25N3O4S. The van der Waals surface area contributed by atoms with Gasteiger partial charge in [-0.05, 0) is 37.4 Å². The first kappa shape index (κ1) is 20.4. The molecule has 1 saturated heterocycles. The number of aryl methyl sites for hydroxylation is 1. The van der Waals surface area contributed by atoms with E-state index in [4.69, 9.17) is 9.47 Å². The Morgan fingerprint density at radius 3 is 2.75 bits per heavy atom. The molecule has 3 heterocycles. The van der Waals surface area contributed by atoms with Gasteiger partial charge >= 0.3 is 5.97 Å². The molecule has 0 aromatic carbocycles. The summed E-state index contributed by atoms with van der Waals surface area (Å²) in [6, 6.07) is 7.37. The van der Waals surface area contributed by atoms with Gasteiger partial charge in [0, 0.05) is 24.5 Å². The number of aromatic nitrogens is 1. The van der Waals surface area contributed by atoms with Gasteiger partial charge in [0.15, 0.2) is 0 Å². The van der Waals surface area contributed by atoms with Crippen LogP contribution < -0.4 is 5.32 Å². The van der Waals surface area contributed by atoms with Crippen LogP contribution in [0.2, 0.25) is 0 Å². The highest BCUT2D eigenvalue weighted by atomic mass is 32.1. The lowest BCUT2D eigenvalue weighted by molar-refractivity contribution is 0.0169. The molecule has 8 heteroatoms. The summed E-state index contributed by atoms with van der Waals surface area (Å²) in [4.78, 5) is 32.4. The van der Waals surface area contributed by atoms with Crippen LogP contribution in [0.25, 0.3) is 0 Å². The number of esters is 1. The largest absolute Gasteiger partial charge is 0.462 e. The van der Waals surface area contributed by atoms with E-state index in [1.54, 1.807) is 37.3 Å². The number of thiophene rings is 1. The van der Waals surface area contributed by atoms with E-state index in [0.29, 0.717) is 37.6 Å². The van der Waals surface area contributed by atoms with Crippen LogP contribution in [0.4, 0.5) is 0 Å². The molecule has 0 saturated carbocycles. The number of amides is 1. The molecule has 150 valence electrons. The summed E-state index contributed by atoms with van der Waals surface area (Å²) in [6.45, 7) is 7.31. The van der Waals surface area contributed by atoms with Crippen molar-refractivity contribution in [3.8, 4) is 0 Å². The SMILES string of the molecule is CCOC(=O)c1ccc(C(=O)NCC(c2cccs2)N2CCOCC2)nc1C. The zero-order chi connectivity index (χ0) is 19.9. The second-order valence-electron chi connectivity index (χ2n) is 6.44. The van der Waals surface area contributed by atoms with Crippen molar-refractivity contribution in [3.05, 3.63) is 51.5 Å². The summed E-state index contributed by atoms with van der Waals surface area (Å²) < 4.78 is 10.5. The van der Waals surface area contributed by atoms with Crippen molar-refractivity contribution in [2.24, 2.45) is 0 Å². The quantitative estimate of drug-likeness (QED) is 0.715. The number of rotatable bonds is 7. The van der Waals surface area contributed by atoms with Gasteiger partial charge in [0.2, 0.25) is 0 Å². The average Bonchev–Trinajstić information content (AvgIpc) is 3.23. The smallest absolute Gasteiger partial charge is 0.339 e. The zero-order valence-corrected chi connectivity index (χ0v) is 17.0. The van der Waals surface area contributed by atoms with Crippen LogP contribution in [0.1, 0.15) is 44.4 Å². The van der Waals surface area contributed by atoms with Crippen LogP contribution in [0.15, 0.2) is 29.6 Å². The summed E-state index contributed by atoms with van der Waals surface area (Å²) in [7, 11) is 0. The molecule has 7 nitrogen and oxygen atoms in total. The van der Waals surface area contributed by atoms with Gasteiger partial charge in [-0.3, -0.25) is 9.69 Å². The predicted molar refractivity (Wildman–Crippen MR) is 107 cm³/mol. The number of hydrogen-bond donors (Lipinski definition) is 1. The summed E-state index contributed by atoms with van der Waals surface area (Å²) in [5.74, 6) is -0.683. The molecule has 1 amide bonds. The number of morpholine rings is 1. The van der Waals surface area contributed by atoms with Gasteiger partial charge < -0.3 is 14.8 Å². The molecule has 2 aromatic heterocycles. The molecule has 0 bridgehead atoms. The van der Waals surface area contributed by atoms with Crippen molar-refractivity contribution in [3.63, 3.8) is 0 Å². The van der Waals surface area contributed by atoms with Crippen molar-refractivity contribution >= 4 is 23.2 Å². The Morgan fingerprint density at radius 1 is 1.32 bits per heavy atom. The minimum atomic E-state index is -0.426. The van der Waals surface area contributed by atoms with Crippen LogP contribution in [0, 0.1) is 6.92 Å². The van der Waals surface area contributed by atoms with Gasteiger partial charge in [-0.2, -0.15) is 0 Å². The molecule has 2 aromatic rings. The minimum Gasteiger partial charge on any atom is -0.462 e. The lowest BCUT2D eigenvalue weighted by Crippen LogP contribution is -2.43. The van der Waals surface area contributed by atoms with Crippen molar-refractivity contribution in [1.29, 1.82) is 0 Å². The third-order valence-corrected chi connectivity index (χ3v) is 5.60. The maximum atomic E-state index is 12.6. The maximum Gasteiger partial charge on any atom is 0.339 e. The molecule has 1 aliphatic rings. The van der Waals surface area contributed by atoms with Crippen molar-refractivity contribution < 1.29 is 19.1 Å². The number of nitrogens with zero attached hydrogens (tertiary/aromatic N) is 2. The lowest BCUT2D eigenvalue weighted by Gasteiger charge is -2.34. The first-order valence-electron chi connectivity index (χ1n) is 9.38. The Labute approximate surface area is 168 Å². The van der Waals surface area contributed by atoms with Gasteiger partial charge in [-0.25, -0.2) is 9.78 Å². The van der Waals surface area contributed by atoms with E-state index in [2.05, 4.69) is 21.3 Å². The van der Waals surface area contributed by atoms with Crippen molar-refractivity contribution in [2.45, 2.75) is 19.9 Å². The van der Waals surface area contributed by atoms with E-state index in [0.717, 1.165) is 13.1 Å². The number of pyridine rings is 1. The van der Waals surface area contributed by atoms with E-state index >= 15 is 0 Å². The first-order valence-corrected chi connectivity index (χ1v) is 10.3. The van der Waals surface area contributed by atoms with Crippen LogP contribution in [-0.4, -0.2) is 61.2 Å². The fourth-order valence-corrected chi connectivity index (χ4v) is 4.03. The molecule has 1 atom stereocenters. The highest BCUT2D eigenvalue weighted by Gasteiger charge is 2.24. The third-order valence-electron chi connectivity index (χ3n) is 4.63. The molecule has 1 aliphatic heterocycles. The summed E-state index contributed by atoms with van der Waals surface area (Å²) >= 11 is 1.68. The molecular weight excluding hydrogens is 378 g/mol. The monoisotopic (exact) mass is 403 g/mol. The van der Waals surface area contributed by atoms with E-state index in [-0.39, 0.29) is 17.6 Å². The molecule has 0 aliphatic carbocycles. The van der Waals surface area contributed by atoms with Gasteiger partial charge in [-0.1, -0.05) is 6.07 Å². The van der Waals surface area contributed by atoms with Crippen molar-refractivity contribution in [1.82, 2.24) is 15.2 Å². The Balaban J connectivity index is 1.67. The molecule has 28 heavy (non-hydrogen) atoms. The zero-order valence-electron chi connectivity index (χ0n) is 16.1. The van der Waals surface area contributed by atoms with Gasteiger partial charge in [0.1, 0.15) is 5.69 Å². The fraction of sp³-hybridized carbons (Fsp3) is 0.450. The van der Waals surface area contributed by atoms with Crippen molar-refractivity contribution in [2.75, 3.05) is 39.5 Å². The van der Waals surface area contributed by atoms with Gasteiger partial charge in [0.25, 0.3) is 5.91 Å². The minimum absolute atomic E-state index is 0.104. The fourth-order valence-electron chi connectivity index (χ4n) is 3.17. The molecule has 1 fully saturated rings. The maximum absolute atomic E-state index is 12.6. The molecule has 3 rings (SSSR count). The normalized spacial score (nSPS) is 15.8. The van der Waals surface area contributed by atoms with Crippen LogP contribution in [0.5, 0.6) is 0 Å². The Bertz CT molecular complexity index is 804. The van der Waals surface area contributed by atoms with Crippen LogP contribution in [-0.2, 0) is 9.47 Å². The van der Waals surface area contributed by atoms with Gasteiger partial charge in [-0.15, -0.1) is 11.3 Å². The first-order chi connectivity index (χ1) is 13.6. The standard InChI is InChI=1S/C20H25N3O4S/c1-3-27-20(25)15-6-7-16(22-14(15)2)19(24)21-13-17(18-5-4-12-28-18)23-8-10-26-11-9-23/h4-7,12,17H,3,8-11,13H2,1-2H3,(H,21,24). The number of hydrogen-bond acceptors (Lipinski definition) is 7. The van der Waals surface area contributed by atoms with E-state index in [1.165, 1.54) is 4.88 Å². The van der Waals surface area contributed by atoms with Crippen LogP contribution in [0.3, 0.4) is 0 Å². The van der Waals surface area contributed by atoms with E-state index in [9.17, 15) is 9.59 Å². The second-order valence-corrected chi connectivity index (χ2v) is 7.42. The Kier molecular flexibility index (Phi) is 7.13. The Hall–Kier alpha value is -2.29. The molecule has 0 radical (unpaired) electrons. The number of nitrogens with one attached hydrogen (secondary N) is 1. The number of carbonyl (C=O) groups is 2. The van der Waals surface area contributed by atoms with E-state index in [1.807, 2.05) is 11.4 Å². The molecule has 0 spiro atoms. The highest BCUT2D eigenvalue weighted by molar-refractivity contribution is 7.10. The van der Waals surface area contributed by atoms with E-state index < -0.39 is 5.97 Å². The summed E-state index contributed by atoms with van der Waals surface area (Å²) in [5.41, 5.74) is 1.15. The number of carbonyl (C=O) groups excluding carboxylic acids is 2. The lowest BCUT2D eigenvalue weighted by atomic mass is 10.1. The Morgan fingerprint density at radius 2 is 2.11 bits per heavy atom. The third kappa shape index (κ3) is 4.95. The molecule has 1 unspecified atom stereocenters.